The highest BCUT2D eigenvalue weighted by molar-refractivity contribution is 5.58. The van der Waals surface area contributed by atoms with Gasteiger partial charge in [0.25, 0.3) is 0 Å². The first-order chi connectivity index (χ1) is 7.22. The predicted molar refractivity (Wildman–Crippen MR) is 54.2 cm³/mol. The van der Waals surface area contributed by atoms with Crippen molar-refractivity contribution in [2.75, 3.05) is 6.54 Å². The van der Waals surface area contributed by atoms with Crippen LogP contribution in [-0.4, -0.2) is 16.7 Å². The number of hydrogen-bond acceptors (Lipinski definition) is 5. The third-order valence-electron chi connectivity index (χ3n) is 2.19. The minimum Gasteiger partial charge on any atom is -0.441 e. The van der Waals surface area contributed by atoms with Crippen molar-refractivity contribution in [2.45, 2.75) is 20.3 Å². The van der Waals surface area contributed by atoms with E-state index in [0.29, 0.717) is 24.6 Å². The maximum atomic E-state index is 5.54. The van der Waals surface area contributed by atoms with Crippen molar-refractivity contribution in [3.8, 4) is 11.5 Å². The molecule has 0 amide bonds. The Morgan fingerprint density at radius 2 is 2.20 bits per heavy atom. The maximum absolute atomic E-state index is 5.54. The Balaban J connectivity index is 2.37. The zero-order valence-corrected chi connectivity index (χ0v) is 8.78. The molecule has 5 nitrogen and oxygen atoms in total. The van der Waals surface area contributed by atoms with Crippen LogP contribution >= 0.6 is 0 Å². The standard InChI is InChI=1S/C10H13N3O2/c1-6-9(7(2)15-13-6)10-12-5-8(14-10)3-4-11/h5H,3-4,11H2,1-2H3. The predicted octanol–water partition coefficient (Wildman–Crippen LogP) is 1.45. The first-order valence-corrected chi connectivity index (χ1v) is 4.80. The first kappa shape index (κ1) is 9.92. The second-order valence-electron chi connectivity index (χ2n) is 3.37. The Morgan fingerprint density at radius 1 is 1.40 bits per heavy atom. The number of nitrogens with zero attached hydrogens (tertiary/aromatic N) is 2. The van der Waals surface area contributed by atoms with Gasteiger partial charge in [0, 0.05) is 6.42 Å². The molecule has 0 atom stereocenters. The van der Waals surface area contributed by atoms with Gasteiger partial charge in [0.05, 0.1) is 11.9 Å². The summed E-state index contributed by atoms with van der Waals surface area (Å²) in [5.74, 6) is 2.05. The Hall–Kier alpha value is -1.62. The lowest BCUT2D eigenvalue weighted by atomic mass is 10.2. The molecule has 2 N–H and O–H groups in total. The summed E-state index contributed by atoms with van der Waals surface area (Å²) in [4.78, 5) is 4.18. The number of aryl methyl sites for hydroxylation is 2. The smallest absolute Gasteiger partial charge is 0.231 e. The monoisotopic (exact) mass is 207 g/mol. The molecule has 0 fully saturated rings. The van der Waals surface area contributed by atoms with E-state index in [9.17, 15) is 0 Å². The number of nitrogens with two attached hydrogens (primary N) is 1. The number of rotatable bonds is 3. The van der Waals surface area contributed by atoms with Gasteiger partial charge in [-0.25, -0.2) is 4.98 Å². The normalized spacial score (nSPS) is 10.9. The van der Waals surface area contributed by atoms with Gasteiger partial charge in [-0.2, -0.15) is 0 Å². The lowest BCUT2D eigenvalue weighted by Gasteiger charge is -1.92. The number of oxazole rings is 1. The molecule has 0 aliphatic heterocycles. The van der Waals surface area contributed by atoms with Gasteiger partial charge in [-0.15, -0.1) is 0 Å². The Bertz CT molecular complexity index is 439. The molecule has 0 radical (unpaired) electrons. The summed E-state index contributed by atoms with van der Waals surface area (Å²) >= 11 is 0. The zero-order chi connectivity index (χ0) is 10.8. The SMILES string of the molecule is Cc1noc(C)c1-c1ncc(CCN)o1. The molecule has 80 valence electrons. The molecule has 2 heterocycles. The topological polar surface area (TPSA) is 78.1 Å². The summed E-state index contributed by atoms with van der Waals surface area (Å²) in [7, 11) is 0. The van der Waals surface area contributed by atoms with E-state index in [0.717, 1.165) is 17.0 Å². The van der Waals surface area contributed by atoms with Gasteiger partial charge in [0.15, 0.2) is 0 Å². The summed E-state index contributed by atoms with van der Waals surface area (Å²) < 4.78 is 10.6. The van der Waals surface area contributed by atoms with Crippen LogP contribution in [-0.2, 0) is 6.42 Å². The van der Waals surface area contributed by atoms with Crippen molar-refractivity contribution in [3.63, 3.8) is 0 Å². The van der Waals surface area contributed by atoms with Gasteiger partial charge < -0.3 is 14.7 Å². The molecule has 15 heavy (non-hydrogen) atoms. The van der Waals surface area contributed by atoms with Crippen LogP contribution in [0.5, 0.6) is 0 Å². The largest absolute Gasteiger partial charge is 0.441 e. The second kappa shape index (κ2) is 3.86. The molecule has 2 aromatic heterocycles. The average Bonchev–Trinajstić information content (AvgIpc) is 2.75. The van der Waals surface area contributed by atoms with Crippen LogP contribution in [0.15, 0.2) is 15.1 Å². The van der Waals surface area contributed by atoms with Gasteiger partial charge >= 0.3 is 0 Å². The molecule has 0 saturated heterocycles. The molecular weight excluding hydrogens is 194 g/mol. The molecule has 0 aromatic carbocycles. The van der Waals surface area contributed by atoms with E-state index in [1.807, 2.05) is 13.8 Å². The molecule has 0 spiro atoms. The van der Waals surface area contributed by atoms with E-state index in [4.69, 9.17) is 14.7 Å². The van der Waals surface area contributed by atoms with E-state index >= 15 is 0 Å². The quantitative estimate of drug-likeness (QED) is 0.824. The average molecular weight is 207 g/mol. The van der Waals surface area contributed by atoms with Gasteiger partial charge in [0.1, 0.15) is 17.1 Å². The zero-order valence-electron chi connectivity index (χ0n) is 8.78. The molecule has 0 unspecified atom stereocenters. The Kier molecular flexibility index (Phi) is 2.55. The summed E-state index contributed by atoms with van der Waals surface area (Å²) in [5.41, 5.74) is 7.05. The summed E-state index contributed by atoms with van der Waals surface area (Å²) in [5, 5.41) is 3.85. The van der Waals surface area contributed by atoms with Crippen LogP contribution < -0.4 is 5.73 Å². The van der Waals surface area contributed by atoms with Crippen molar-refractivity contribution in [1.82, 2.24) is 10.1 Å². The molecule has 0 aliphatic rings. The molecule has 2 aromatic rings. The third kappa shape index (κ3) is 1.78. The highest BCUT2D eigenvalue weighted by atomic mass is 16.5. The van der Waals surface area contributed by atoms with Crippen molar-refractivity contribution in [3.05, 3.63) is 23.4 Å². The van der Waals surface area contributed by atoms with E-state index in [1.165, 1.54) is 0 Å². The molecule has 2 rings (SSSR count). The highest BCUT2D eigenvalue weighted by Gasteiger charge is 2.16. The lowest BCUT2D eigenvalue weighted by molar-refractivity contribution is 0.393. The van der Waals surface area contributed by atoms with Crippen LogP contribution in [0, 0.1) is 13.8 Å². The fraction of sp³-hybridized carbons (Fsp3) is 0.400. The van der Waals surface area contributed by atoms with Crippen LogP contribution in [0.3, 0.4) is 0 Å². The van der Waals surface area contributed by atoms with Gasteiger partial charge in [-0.1, -0.05) is 5.16 Å². The van der Waals surface area contributed by atoms with Crippen LogP contribution in [0.1, 0.15) is 17.2 Å². The molecule has 0 bridgehead atoms. The van der Waals surface area contributed by atoms with E-state index in [1.54, 1.807) is 6.20 Å². The van der Waals surface area contributed by atoms with E-state index < -0.39 is 0 Å². The Labute approximate surface area is 87.3 Å². The van der Waals surface area contributed by atoms with Crippen molar-refractivity contribution in [1.29, 1.82) is 0 Å². The van der Waals surface area contributed by atoms with Gasteiger partial charge in [0.2, 0.25) is 5.89 Å². The van der Waals surface area contributed by atoms with Crippen LogP contribution in [0.25, 0.3) is 11.5 Å². The highest BCUT2D eigenvalue weighted by Crippen LogP contribution is 2.26. The van der Waals surface area contributed by atoms with Crippen molar-refractivity contribution >= 4 is 0 Å². The summed E-state index contributed by atoms with van der Waals surface area (Å²) in [6.45, 7) is 4.25. The van der Waals surface area contributed by atoms with Crippen molar-refractivity contribution < 1.29 is 8.94 Å². The maximum Gasteiger partial charge on any atom is 0.231 e. The van der Waals surface area contributed by atoms with E-state index in [2.05, 4.69) is 10.1 Å². The fourth-order valence-corrected chi connectivity index (χ4v) is 1.47. The summed E-state index contributed by atoms with van der Waals surface area (Å²) in [6, 6.07) is 0. The molecular formula is C10H13N3O2. The molecule has 5 heteroatoms. The molecule has 0 saturated carbocycles. The van der Waals surface area contributed by atoms with Crippen molar-refractivity contribution in [2.24, 2.45) is 5.73 Å². The number of hydrogen-bond donors (Lipinski definition) is 1. The fourth-order valence-electron chi connectivity index (χ4n) is 1.47. The van der Waals surface area contributed by atoms with Crippen LogP contribution in [0.4, 0.5) is 0 Å². The van der Waals surface area contributed by atoms with Gasteiger partial charge in [-0.05, 0) is 20.4 Å². The first-order valence-electron chi connectivity index (χ1n) is 4.80. The minimum atomic E-state index is 0.551. The number of aromatic nitrogens is 2. The second-order valence-corrected chi connectivity index (χ2v) is 3.37. The molecule has 0 aliphatic carbocycles. The lowest BCUT2D eigenvalue weighted by Crippen LogP contribution is -2.01. The summed E-state index contributed by atoms with van der Waals surface area (Å²) in [6.07, 6.45) is 2.38. The third-order valence-corrected chi connectivity index (χ3v) is 2.19. The minimum absolute atomic E-state index is 0.551. The Morgan fingerprint density at radius 3 is 2.80 bits per heavy atom. The van der Waals surface area contributed by atoms with Crippen LogP contribution in [0.2, 0.25) is 0 Å². The van der Waals surface area contributed by atoms with Gasteiger partial charge in [-0.3, -0.25) is 0 Å². The van der Waals surface area contributed by atoms with E-state index in [-0.39, 0.29) is 0 Å².